The summed E-state index contributed by atoms with van der Waals surface area (Å²) in [5.74, 6) is 0.592. The minimum absolute atomic E-state index is 0.118. The molecule has 0 spiro atoms. The molecule has 1 aromatic heterocycles. The molecule has 22 heavy (non-hydrogen) atoms. The lowest BCUT2D eigenvalue weighted by Gasteiger charge is -2.36. The van der Waals surface area contributed by atoms with Gasteiger partial charge in [0, 0.05) is 38.8 Å². The average Bonchev–Trinajstić information content (AvgIpc) is 2.56. The van der Waals surface area contributed by atoms with Crippen molar-refractivity contribution in [3.8, 4) is 0 Å². The summed E-state index contributed by atoms with van der Waals surface area (Å²) in [5.41, 5.74) is 1.88. The first kappa shape index (κ1) is 14.3. The molecule has 6 nitrogen and oxygen atoms in total. The van der Waals surface area contributed by atoms with Crippen molar-refractivity contribution in [3.63, 3.8) is 0 Å². The van der Waals surface area contributed by atoms with E-state index >= 15 is 0 Å². The van der Waals surface area contributed by atoms with Crippen molar-refractivity contribution >= 4 is 23.2 Å². The summed E-state index contributed by atoms with van der Waals surface area (Å²) >= 11 is 0. The van der Waals surface area contributed by atoms with Gasteiger partial charge < -0.3 is 15.1 Å². The minimum Gasteiger partial charge on any atom is -0.368 e. The minimum atomic E-state index is -0.118. The van der Waals surface area contributed by atoms with Gasteiger partial charge in [-0.25, -0.2) is 9.97 Å². The first-order chi connectivity index (χ1) is 10.7. The van der Waals surface area contributed by atoms with Gasteiger partial charge in [0.25, 0.3) is 0 Å². The van der Waals surface area contributed by atoms with Crippen LogP contribution in [0.2, 0.25) is 0 Å². The Hall–Kier alpha value is -2.63. The van der Waals surface area contributed by atoms with E-state index in [2.05, 4.69) is 49.4 Å². The van der Waals surface area contributed by atoms with E-state index in [0.29, 0.717) is 11.6 Å². The van der Waals surface area contributed by atoms with Gasteiger partial charge in [0.05, 0.1) is 18.1 Å². The second-order valence-corrected chi connectivity index (χ2v) is 5.26. The molecular formula is C16H19N5O. The molecule has 1 aliphatic heterocycles. The summed E-state index contributed by atoms with van der Waals surface area (Å²) in [6.07, 6.45) is 3.29. The number of aromatic nitrogens is 2. The molecule has 1 aliphatic rings. The fourth-order valence-electron chi connectivity index (χ4n) is 2.56. The molecular weight excluding hydrogens is 278 g/mol. The fourth-order valence-corrected chi connectivity index (χ4v) is 2.56. The Balaban J connectivity index is 1.60. The summed E-state index contributed by atoms with van der Waals surface area (Å²) in [6.45, 7) is 5.13. The average molecular weight is 297 g/mol. The van der Waals surface area contributed by atoms with Crippen LogP contribution in [0.5, 0.6) is 0 Å². The highest BCUT2D eigenvalue weighted by Gasteiger charge is 2.19. The van der Waals surface area contributed by atoms with Crippen LogP contribution in [0.4, 0.5) is 17.3 Å². The maximum atomic E-state index is 11.0. The van der Waals surface area contributed by atoms with E-state index in [-0.39, 0.29) is 5.91 Å². The molecule has 1 saturated heterocycles. The Labute approximate surface area is 129 Å². The van der Waals surface area contributed by atoms with Crippen LogP contribution >= 0.6 is 0 Å². The number of benzene rings is 1. The monoisotopic (exact) mass is 297 g/mol. The van der Waals surface area contributed by atoms with Gasteiger partial charge >= 0.3 is 0 Å². The quantitative estimate of drug-likeness (QED) is 0.935. The number of rotatable bonds is 3. The lowest BCUT2D eigenvalue weighted by atomic mass is 10.2. The molecule has 1 N–H and O–H groups in total. The summed E-state index contributed by atoms with van der Waals surface area (Å²) < 4.78 is 0. The van der Waals surface area contributed by atoms with Crippen LogP contribution < -0.4 is 15.1 Å². The second-order valence-electron chi connectivity index (χ2n) is 5.26. The van der Waals surface area contributed by atoms with Crippen molar-refractivity contribution in [1.29, 1.82) is 0 Å². The molecule has 0 unspecified atom stereocenters. The number of para-hydroxylation sites is 1. The number of nitrogens with zero attached hydrogens (tertiary/aromatic N) is 4. The zero-order valence-electron chi connectivity index (χ0n) is 12.6. The zero-order valence-corrected chi connectivity index (χ0v) is 12.6. The highest BCUT2D eigenvalue weighted by atomic mass is 16.1. The third-order valence-corrected chi connectivity index (χ3v) is 3.64. The van der Waals surface area contributed by atoms with Crippen LogP contribution in [0, 0.1) is 0 Å². The molecule has 0 atom stereocenters. The Morgan fingerprint density at radius 1 is 1.00 bits per heavy atom. The molecule has 0 saturated carbocycles. The molecule has 0 bridgehead atoms. The summed E-state index contributed by atoms with van der Waals surface area (Å²) in [6, 6.07) is 10.4. The normalized spacial score (nSPS) is 14.8. The second kappa shape index (κ2) is 6.43. The summed E-state index contributed by atoms with van der Waals surface area (Å²) in [7, 11) is 0. The van der Waals surface area contributed by atoms with Gasteiger partial charge in [-0.1, -0.05) is 18.2 Å². The van der Waals surface area contributed by atoms with E-state index in [9.17, 15) is 4.79 Å². The molecule has 6 heteroatoms. The molecule has 1 aromatic carbocycles. The zero-order chi connectivity index (χ0) is 15.4. The van der Waals surface area contributed by atoms with Crippen molar-refractivity contribution in [2.24, 2.45) is 0 Å². The Bertz CT molecular complexity index is 621. The van der Waals surface area contributed by atoms with Gasteiger partial charge in [-0.05, 0) is 12.1 Å². The third kappa shape index (κ3) is 3.33. The fraction of sp³-hybridized carbons (Fsp3) is 0.312. The lowest BCUT2D eigenvalue weighted by molar-refractivity contribution is -0.114. The van der Waals surface area contributed by atoms with Crippen molar-refractivity contribution in [2.75, 3.05) is 41.3 Å². The van der Waals surface area contributed by atoms with Crippen LogP contribution in [0.1, 0.15) is 6.92 Å². The summed E-state index contributed by atoms with van der Waals surface area (Å²) in [5, 5.41) is 2.67. The van der Waals surface area contributed by atoms with Gasteiger partial charge in [0.2, 0.25) is 11.9 Å². The predicted octanol–water partition coefficient (Wildman–Crippen LogP) is 1.76. The first-order valence-electron chi connectivity index (χ1n) is 7.37. The molecule has 1 fully saturated rings. The van der Waals surface area contributed by atoms with Gasteiger partial charge in [-0.15, -0.1) is 0 Å². The smallest absolute Gasteiger partial charge is 0.225 e. The van der Waals surface area contributed by atoms with Gasteiger partial charge in [0.15, 0.2) is 0 Å². The number of anilines is 3. The van der Waals surface area contributed by atoms with E-state index in [1.807, 2.05) is 6.07 Å². The van der Waals surface area contributed by atoms with Crippen molar-refractivity contribution < 1.29 is 4.79 Å². The number of piperazine rings is 1. The molecule has 2 aromatic rings. The van der Waals surface area contributed by atoms with Gasteiger partial charge in [0.1, 0.15) is 0 Å². The van der Waals surface area contributed by atoms with E-state index in [1.165, 1.54) is 12.6 Å². The van der Waals surface area contributed by atoms with Crippen molar-refractivity contribution in [1.82, 2.24) is 9.97 Å². The summed E-state index contributed by atoms with van der Waals surface area (Å²) in [4.78, 5) is 24.2. The molecule has 114 valence electrons. The standard InChI is InChI=1S/C16H19N5O/c1-13(22)19-14-11-17-16(18-12-14)21-9-7-20(8-10-21)15-5-3-2-4-6-15/h2-6,11-12H,7-10H2,1H3,(H,19,22). The number of hydrogen-bond donors (Lipinski definition) is 1. The van der Waals surface area contributed by atoms with Crippen LogP contribution in [-0.4, -0.2) is 42.1 Å². The first-order valence-corrected chi connectivity index (χ1v) is 7.37. The number of hydrogen-bond acceptors (Lipinski definition) is 5. The maximum absolute atomic E-state index is 11.0. The van der Waals surface area contributed by atoms with Crippen LogP contribution in [-0.2, 0) is 4.79 Å². The Morgan fingerprint density at radius 3 is 2.18 bits per heavy atom. The largest absolute Gasteiger partial charge is 0.368 e. The van der Waals surface area contributed by atoms with Crippen molar-refractivity contribution in [2.45, 2.75) is 6.92 Å². The van der Waals surface area contributed by atoms with E-state index in [0.717, 1.165) is 26.2 Å². The van der Waals surface area contributed by atoms with Crippen LogP contribution in [0.3, 0.4) is 0 Å². The number of amides is 1. The predicted molar refractivity (Wildman–Crippen MR) is 87.2 cm³/mol. The Kier molecular flexibility index (Phi) is 4.18. The number of carbonyl (C=O) groups is 1. The molecule has 3 rings (SSSR count). The maximum Gasteiger partial charge on any atom is 0.225 e. The number of nitrogens with one attached hydrogen (secondary N) is 1. The lowest BCUT2D eigenvalue weighted by Crippen LogP contribution is -2.47. The van der Waals surface area contributed by atoms with Crippen molar-refractivity contribution in [3.05, 3.63) is 42.7 Å². The topological polar surface area (TPSA) is 61.4 Å². The highest BCUT2D eigenvalue weighted by molar-refractivity contribution is 5.88. The van der Waals surface area contributed by atoms with Crippen LogP contribution in [0.15, 0.2) is 42.7 Å². The highest BCUT2D eigenvalue weighted by Crippen LogP contribution is 2.18. The van der Waals surface area contributed by atoms with E-state index in [1.54, 1.807) is 12.4 Å². The van der Waals surface area contributed by atoms with Gasteiger partial charge in [-0.2, -0.15) is 0 Å². The number of carbonyl (C=O) groups excluding carboxylic acids is 1. The van der Waals surface area contributed by atoms with Crippen LogP contribution in [0.25, 0.3) is 0 Å². The van der Waals surface area contributed by atoms with Gasteiger partial charge in [-0.3, -0.25) is 4.79 Å². The van der Waals surface area contributed by atoms with E-state index in [4.69, 9.17) is 0 Å². The third-order valence-electron chi connectivity index (χ3n) is 3.64. The molecule has 0 radical (unpaired) electrons. The molecule has 0 aliphatic carbocycles. The molecule has 1 amide bonds. The van der Waals surface area contributed by atoms with E-state index < -0.39 is 0 Å². The molecule has 2 heterocycles. The SMILES string of the molecule is CC(=O)Nc1cnc(N2CCN(c3ccccc3)CC2)nc1. The Morgan fingerprint density at radius 2 is 1.59 bits per heavy atom.